The van der Waals surface area contributed by atoms with Gasteiger partial charge in [0.25, 0.3) is 0 Å². The Morgan fingerprint density at radius 2 is 1.92 bits per heavy atom. The topological polar surface area (TPSA) is 0 Å². The lowest BCUT2D eigenvalue weighted by Gasteiger charge is -1.98. The molecule has 1 aliphatic carbocycles. The molecule has 1 aromatic carbocycles. The van der Waals surface area contributed by atoms with Gasteiger partial charge in [-0.3, -0.25) is 0 Å². The molecule has 0 saturated heterocycles. The Bertz CT molecular complexity index is 307. The molecule has 0 heterocycles. The summed E-state index contributed by atoms with van der Waals surface area (Å²) in [4.78, 5) is 0. The van der Waals surface area contributed by atoms with Crippen molar-refractivity contribution in [2.45, 2.75) is 19.3 Å². The van der Waals surface area contributed by atoms with E-state index in [9.17, 15) is 8.78 Å². The Kier molecular flexibility index (Phi) is 1.63. The van der Waals surface area contributed by atoms with Crippen molar-refractivity contribution in [1.82, 2.24) is 0 Å². The zero-order chi connectivity index (χ0) is 8.72. The molecule has 1 saturated carbocycles. The van der Waals surface area contributed by atoms with Gasteiger partial charge in [0.05, 0.1) is 0 Å². The van der Waals surface area contributed by atoms with Gasteiger partial charge in [0.1, 0.15) is 0 Å². The van der Waals surface area contributed by atoms with Crippen molar-refractivity contribution in [1.29, 1.82) is 0 Å². The normalized spacial score (nSPS) is 27.2. The molecule has 1 aliphatic rings. The van der Waals surface area contributed by atoms with Crippen molar-refractivity contribution in [3.05, 3.63) is 35.4 Å². The van der Waals surface area contributed by atoms with Crippen LogP contribution < -0.4 is 0 Å². The molecule has 0 radical (unpaired) electrons. The summed E-state index contributed by atoms with van der Waals surface area (Å²) in [5.74, 6) is -0.395. The first-order chi connectivity index (χ1) is 5.68. The van der Waals surface area contributed by atoms with Gasteiger partial charge in [-0.15, -0.1) is 0 Å². The van der Waals surface area contributed by atoms with E-state index >= 15 is 0 Å². The quantitative estimate of drug-likeness (QED) is 0.604. The summed E-state index contributed by atoms with van der Waals surface area (Å²) in [5.41, 5.74) is 0.932. The lowest BCUT2D eigenvalue weighted by Crippen LogP contribution is -1.87. The molecule has 1 aromatic rings. The van der Waals surface area contributed by atoms with Gasteiger partial charge < -0.3 is 0 Å². The SMILES string of the molecule is CC1CC1c1ccc(F)c(F)c1. The van der Waals surface area contributed by atoms with Gasteiger partial charge in [-0.05, 0) is 36.0 Å². The molecule has 0 aliphatic heterocycles. The van der Waals surface area contributed by atoms with Gasteiger partial charge in [-0.2, -0.15) is 0 Å². The van der Waals surface area contributed by atoms with Crippen LogP contribution in [-0.4, -0.2) is 0 Å². The summed E-state index contributed by atoms with van der Waals surface area (Å²) in [6, 6.07) is 4.19. The molecule has 2 atom stereocenters. The van der Waals surface area contributed by atoms with Crippen LogP contribution in [0.25, 0.3) is 0 Å². The highest BCUT2D eigenvalue weighted by Gasteiger charge is 2.34. The first-order valence-electron chi connectivity index (χ1n) is 4.13. The van der Waals surface area contributed by atoms with E-state index in [0.717, 1.165) is 12.0 Å². The minimum absolute atomic E-state index is 0.458. The van der Waals surface area contributed by atoms with Crippen molar-refractivity contribution in [2.75, 3.05) is 0 Å². The summed E-state index contributed by atoms with van der Waals surface area (Å²) in [6.45, 7) is 2.12. The van der Waals surface area contributed by atoms with Crippen LogP contribution in [0.1, 0.15) is 24.8 Å². The molecule has 0 N–H and O–H groups in total. The molecule has 12 heavy (non-hydrogen) atoms. The number of rotatable bonds is 1. The first kappa shape index (κ1) is 7.71. The van der Waals surface area contributed by atoms with Gasteiger partial charge in [0.2, 0.25) is 0 Å². The fraction of sp³-hybridized carbons (Fsp3) is 0.400. The minimum atomic E-state index is -0.757. The predicted octanol–water partition coefficient (Wildman–Crippen LogP) is 3.09. The number of halogens is 2. The average molecular weight is 168 g/mol. The Hall–Kier alpha value is -0.920. The zero-order valence-corrected chi connectivity index (χ0v) is 6.85. The van der Waals surface area contributed by atoms with Crippen molar-refractivity contribution in [3.8, 4) is 0 Å². The zero-order valence-electron chi connectivity index (χ0n) is 6.85. The van der Waals surface area contributed by atoms with Crippen LogP contribution in [-0.2, 0) is 0 Å². The molecular weight excluding hydrogens is 158 g/mol. The second-order valence-corrected chi connectivity index (χ2v) is 3.49. The Labute approximate surface area is 70.2 Å². The third kappa shape index (κ3) is 1.22. The summed E-state index contributed by atoms with van der Waals surface area (Å²) in [6.07, 6.45) is 1.10. The molecule has 0 aromatic heterocycles. The molecule has 0 nitrogen and oxygen atoms in total. The van der Waals surface area contributed by atoms with Gasteiger partial charge >= 0.3 is 0 Å². The van der Waals surface area contributed by atoms with Crippen LogP contribution in [0, 0.1) is 17.6 Å². The second kappa shape index (κ2) is 2.54. The molecule has 64 valence electrons. The maximum absolute atomic E-state index is 12.7. The predicted molar refractivity (Wildman–Crippen MR) is 42.9 cm³/mol. The van der Waals surface area contributed by atoms with Crippen LogP contribution in [0.15, 0.2) is 18.2 Å². The Morgan fingerprint density at radius 3 is 2.42 bits per heavy atom. The molecule has 0 bridgehead atoms. The highest BCUT2D eigenvalue weighted by molar-refractivity contribution is 5.26. The molecule has 2 unspecified atom stereocenters. The highest BCUT2D eigenvalue weighted by Crippen LogP contribution is 2.46. The van der Waals surface area contributed by atoms with Gasteiger partial charge in [-0.1, -0.05) is 13.0 Å². The van der Waals surface area contributed by atoms with Crippen LogP contribution >= 0.6 is 0 Å². The molecule has 1 fully saturated rings. The van der Waals surface area contributed by atoms with Crippen molar-refractivity contribution >= 4 is 0 Å². The van der Waals surface area contributed by atoms with Crippen LogP contribution in [0.2, 0.25) is 0 Å². The number of hydrogen-bond acceptors (Lipinski definition) is 0. The maximum atomic E-state index is 12.7. The highest BCUT2D eigenvalue weighted by atomic mass is 19.2. The Morgan fingerprint density at radius 1 is 1.25 bits per heavy atom. The van der Waals surface area contributed by atoms with Crippen LogP contribution in [0.5, 0.6) is 0 Å². The van der Waals surface area contributed by atoms with Crippen molar-refractivity contribution in [3.63, 3.8) is 0 Å². The summed E-state index contributed by atoms with van der Waals surface area (Å²) in [5, 5.41) is 0. The fourth-order valence-electron chi connectivity index (χ4n) is 1.53. The van der Waals surface area contributed by atoms with E-state index in [1.54, 1.807) is 6.07 Å². The Balaban J connectivity index is 2.29. The largest absolute Gasteiger partial charge is 0.204 e. The molecule has 2 heteroatoms. The summed E-state index contributed by atoms with van der Waals surface area (Å²) in [7, 11) is 0. The van der Waals surface area contributed by atoms with E-state index in [4.69, 9.17) is 0 Å². The molecular formula is C10H10F2. The smallest absolute Gasteiger partial charge is 0.159 e. The van der Waals surface area contributed by atoms with Gasteiger partial charge in [0, 0.05) is 0 Å². The number of benzene rings is 1. The summed E-state index contributed by atoms with van der Waals surface area (Å²) >= 11 is 0. The van der Waals surface area contributed by atoms with Crippen LogP contribution in [0.3, 0.4) is 0 Å². The number of hydrogen-bond donors (Lipinski definition) is 0. The molecule has 0 amide bonds. The van der Waals surface area contributed by atoms with E-state index in [-0.39, 0.29) is 0 Å². The third-order valence-corrected chi connectivity index (χ3v) is 2.48. The van der Waals surface area contributed by atoms with Crippen molar-refractivity contribution < 1.29 is 8.78 Å². The van der Waals surface area contributed by atoms with Crippen LogP contribution in [0.4, 0.5) is 8.78 Å². The second-order valence-electron chi connectivity index (χ2n) is 3.49. The lowest BCUT2D eigenvalue weighted by atomic mass is 10.1. The standard InChI is InChI=1S/C10H10F2/c1-6-4-8(6)7-2-3-9(11)10(12)5-7/h2-3,5-6,8H,4H2,1H3. The van der Waals surface area contributed by atoms with Crippen molar-refractivity contribution in [2.24, 2.45) is 5.92 Å². The van der Waals surface area contributed by atoms with Gasteiger partial charge in [-0.25, -0.2) is 8.78 Å². The van der Waals surface area contributed by atoms with E-state index in [1.807, 2.05) is 0 Å². The van der Waals surface area contributed by atoms with E-state index in [2.05, 4.69) is 6.92 Å². The monoisotopic (exact) mass is 168 g/mol. The average Bonchev–Trinajstić information content (AvgIpc) is 2.73. The van der Waals surface area contributed by atoms with E-state index in [0.29, 0.717) is 11.8 Å². The fourth-order valence-corrected chi connectivity index (χ4v) is 1.53. The third-order valence-electron chi connectivity index (χ3n) is 2.48. The molecule has 0 spiro atoms. The first-order valence-corrected chi connectivity index (χ1v) is 4.13. The maximum Gasteiger partial charge on any atom is 0.159 e. The lowest BCUT2D eigenvalue weighted by molar-refractivity contribution is 0.507. The minimum Gasteiger partial charge on any atom is -0.204 e. The van der Waals surface area contributed by atoms with E-state index < -0.39 is 11.6 Å². The summed E-state index contributed by atoms with van der Waals surface area (Å²) < 4.78 is 25.2. The molecule has 2 rings (SSSR count). The van der Waals surface area contributed by atoms with E-state index in [1.165, 1.54) is 12.1 Å². The van der Waals surface area contributed by atoms with Gasteiger partial charge in [0.15, 0.2) is 11.6 Å².